The highest BCUT2D eigenvalue weighted by atomic mass is 15.1. The molecule has 0 saturated heterocycles. The number of nitrogen functional groups attached to an aromatic ring is 1. The standard InChI is InChI=1S/C15H17N3/c1-5-8-18-12(4)17-14(15(18)16)13-7-6-10(2)11(3)9-13/h1,6-7,9H,8,16H2,2-4H3. The predicted octanol–water partition coefficient (Wildman–Crippen LogP) is 2.69. The Bertz CT molecular complexity index is 630. The molecule has 18 heavy (non-hydrogen) atoms. The fraction of sp³-hybridized carbons (Fsp3) is 0.267. The number of benzene rings is 1. The van der Waals surface area contributed by atoms with Crippen molar-refractivity contribution in [2.24, 2.45) is 0 Å². The molecule has 0 bridgehead atoms. The Morgan fingerprint density at radius 1 is 1.28 bits per heavy atom. The van der Waals surface area contributed by atoms with Crippen LogP contribution in [0.1, 0.15) is 17.0 Å². The molecule has 2 aromatic rings. The van der Waals surface area contributed by atoms with Crippen LogP contribution in [0.3, 0.4) is 0 Å². The van der Waals surface area contributed by atoms with E-state index in [-0.39, 0.29) is 0 Å². The maximum atomic E-state index is 6.12. The zero-order valence-corrected chi connectivity index (χ0v) is 11.0. The first kappa shape index (κ1) is 12.3. The Morgan fingerprint density at radius 2 is 2.00 bits per heavy atom. The van der Waals surface area contributed by atoms with Crippen LogP contribution in [0.25, 0.3) is 11.3 Å². The van der Waals surface area contributed by atoms with E-state index < -0.39 is 0 Å². The van der Waals surface area contributed by atoms with Crippen molar-refractivity contribution in [1.29, 1.82) is 0 Å². The van der Waals surface area contributed by atoms with Gasteiger partial charge in [-0.3, -0.25) is 0 Å². The van der Waals surface area contributed by atoms with Gasteiger partial charge in [-0.15, -0.1) is 6.42 Å². The molecule has 0 amide bonds. The number of anilines is 1. The van der Waals surface area contributed by atoms with Gasteiger partial charge in [0.15, 0.2) is 0 Å². The molecule has 0 unspecified atom stereocenters. The summed E-state index contributed by atoms with van der Waals surface area (Å²) in [7, 11) is 0. The van der Waals surface area contributed by atoms with Crippen molar-refractivity contribution in [2.45, 2.75) is 27.3 Å². The minimum absolute atomic E-state index is 0.454. The fourth-order valence-corrected chi connectivity index (χ4v) is 1.97. The van der Waals surface area contributed by atoms with E-state index in [0.717, 1.165) is 17.1 Å². The molecular formula is C15H17N3. The summed E-state index contributed by atoms with van der Waals surface area (Å²) in [5.74, 6) is 4.07. The Morgan fingerprint density at radius 3 is 2.61 bits per heavy atom. The lowest BCUT2D eigenvalue weighted by Crippen LogP contribution is -2.03. The lowest BCUT2D eigenvalue weighted by atomic mass is 10.0. The largest absolute Gasteiger partial charge is 0.383 e. The number of nitrogens with two attached hydrogens (primary N) is 1. The first-order valence-corrected chi connectivity index (χ1v) is 5.88. The van der Waals surface area contributed by atoms with Gasteiger partial charge in [-0.1, -0.05) is 18.1 Å². The minimum atomic E-state index is 0.454. The van der Waals surface area contributed by atoms with Crippen molar-refractivity contribution in [3.63, 3.8) is 0 Å². The summed E-state index contributed by atoms with van der Waals surface area (Å²) in [5.41, 5.74) is 10.5. The zero-order valence-electron chi connectivity index (χ0n) is 11.0. The van der Waals surface area contributed by atoms with Crippen LogP contribution in [-0.2, 0) is 6.54 Å². The van der Waals surface area contributed by atoms with Crippen molar-refractivity contribution in [2.75, 3.05) is 5.73 Å². The third-order valence-corrected chi connectivity index (χ3v) is 3.23. The molecule has 3 nitrogen and oxygen atoms in total. The van der Waals surface area contributed by atoms with Gasteiger partial charge >= 0.3 is 0 Å². The van der Waals surface area contributed by atoms with Gasteiger partial charge in [0, 0.05) is 5.56 Å². The molecule has 0 aliphatic carbocycles. The summed E-state index contributed by atoms with van der Waals surface area (Å²) in [6.45, 7) is 6.54. The van der Waals surface area contributed by atoms with Crippen LogP contribution >= 0.6 is 0 Å². The molecule has 0 saturated carbocycles. The SMILES string of the molecule is C#CCn1c(C)nc(-c2ccc(C)c(C)c2)c1N. The van der Waals surface area contributed by atoms with Gasteiger partial charge in [-0.25, -0.2) is 4.98 Å². The molecule has 2 rings (SSSR count). The predicted molar refractivity (Wildman–Crippen MR) is 75.1 cm³/mol. The number of terminal acetylenes is 1. The van der Waals surface area contributed by atoms with Crippen LogP contribution in [0.2, 0.25) is 0 Å². The molecule has 0 radical (unpaired) electrons. The van der Waals surface area contributed by atoms with Gasteiger partial charge in [-0.2, -0.15) is 0 Å². The number of hydrogen-bond acceptors (Lipinski definition) is 2. The van der Waals surface area contributed by atoms with Crippen LogP contribution in [0, 0.1) is 33.1 Å². The molecule has 0 aliphatic heterocycles. The molecule has 1 aromatic heterocycles. The second-order valence-corrected chi connectivity index (χ2v) is 4.48. The summed E-state index contributed by atoms with van der Waals surface area (Å²) in [6, 6.07) is 6.23. The fourth-order valence-electron chi connectivity index (χ4n) is 1.97. The third kappa shape index (κ3) is 1.98. The second kappa shape index (κ2) is 4.58. The van der Waals surface area contributed by atoms with Crippen LogP contribution in [0.15, 0.2) is 18.2 Å². The number of nitrogens with zero attached hydrogens (tertiary/aromatic N) is 2. The minimum Gasteiger partial charge on any atom is -0.383 e. The van der Waals surface area contributed by atoms with E-state index in [1.165, 1.54) is 11.1 Å². The van der Waals surface area contributed by atoms with Crippen molar-refractivity contribution >= 4 is 5.82 Å². The summed E-state index contributed by atoms with van der Waals surface area (Å²) in [6.07, 6.45) is 5.34. The van der Waals surface area contributed by atoms with Crippen molar-refractivity contribution in [3.05, 3.63) is 35.2 Å². The van der Waals surface area contributed by atoms with Crippen molar-refractivity contribution in [3.8, 4) is 23.6 Å². The highest BCUT2D eigenvalue weighted by Crippen LogP contribution is 2.27. The van der Waals surface area contributed by atoms with Gasteiger partial charge < -0.3 is 10.3 Å². The maximum Gasteiger partial charge on any atom is 0.132 e. The number of hydrogen-bond donors (Lipinski definition) is 1. The molecule has 92 valence electrons. The second-order valence-electron chi connectivity index (χ2n) is 4.48. The summed E-state index contributed by atoms with van der Waals surface area (Å²) < 4.78 is 1.85. The molecule has 1 heterocycles. The average Bonchev–Trinajstić information content (AvgIpc) is 2.61. The highest BCUT2D eigenvalue weighted by molar-refractivity contribution is 5.72. The Balaban J connectivity index is 2.55. The Labute approximate surface area is 108 Å². The van der Waals surface area contributed by atoms with E-state index in [4.69, 9.17) is 12.2 Å². The van der Waals surface area contributed by atoms with E-state index in [2.05, 4.69) is 36.9 Å². The Kier molecular flexibility index (Phi) is 3.12. The van der Waals surface area contributed by atoms with Gasteiger partial charge in [0.2, 0.25) is 0 Å². The van der Waals surface area contributed by atoms with Gasteiger partial charge in [0.1, 0.15) is 17.3 Å². The van der Waals surface area contributed by atoms with Gasteiger partial charge in [-0.05, 0) is 38.0 Å². The molecule has 0 aliphatic rings. The summed E-state index contributed by atoms with van der Waals surface area (Å²) in [4.78, 5) is 4.51. The topological polar surface area (TPSA) is 43.8 Å². The molecular weight excluding hydrogens is 222 g/mol. The molecule has 0 fully saturated rings. The average molecular weight is 239 g/mol. The van der Waals surface area contributed by atoms with E-state index in [1.807, 2.05) is 17.6 Å². The molecule has 1 aromatic carbocycles. The van der Waals surface area contributed by atoms with Crippen LogP contribution in [0.4, 0.5) is 5.82 Å². The molecule has 2 N–H and O–H groups in total. The zero-order chi connectivity index (χ0) is 13.3. The number of imidazole rings is 1. The van der Waals surface area contributed by atoms with E-state index in [1.54, 1.807) is 0 Å². The van der Waals surface area contributed by atoms with Crippen molar-refractivity contribution < 1.29 is 0 Å². The normalized spacial score (nSPS) is 10.3. The van der Waals surface area contributed by atoms with Crippen LogP contribution < -0.4 is 5.73 Å². The Hall–Kier alpha value is -2.21. The molecule has 3 heteroatoms. The lowest BCUT2D eigenvalue weighted by molar-refractivity contribution is 0.807. The van der Waals surface area contributed by atoms with Gasteiger partial charge in [0.25, 0.3) is 0 Å². The van der Waals surface area contributed by atoms with Crippen LogP contribution in [0.5, 0.6) is 0 Å². The maximum absolute atomic E-state index is 6.12. The number of aryl methyl sites for hydroxylation is 3. The monoisotopic (exact) mass is 239 g/mol. The number of rotatable bonds is 2. The number of aromatic nitrogens is 2. The van der Waals surface area contributed by atoms with Gasteiger partial charge in [0.05, 0.1) is 6.54 Å². The molecule has 0 spiro atoms. The van der Waals surface area contributed by atoms with Crippen molar-refractivity contribution in [1.82, 2.24) is 9.55 Å². The van der Waals surface area contributed by atoms with E-state index >= 15 is 0 Å². The lowest BCUT2D eigenvalue weighted by Gasteiger charge is -2.05. The molecule has 0 atom stereocenters. The van der Waals surface area contributed by atoms with E-state index in [9.17, 15) is 0 Å². The smallest absolute Gasteiger partial charge is 0.132 e. The van der Waals surface area contributed by atoms with E-state index in [0.29, 0.717) is 12.4 Å². The van der Waals surface area contributed by atoms with Crippen LogP contribution in [-0.4, -0.2) is 9.55 Å². The summed E-state index contributed by atoms with van der Waals surface area (Å²) in [5, 5.41) is 0. The third-order valence-electron chi connectivity index (χ3n) is 3.23. The first-order valence-electron chi connectivity index (χ1n) is 5.88. The highest BCUT2D eigenvalue weighted by Gasteiger charge is 2.13. The quantitative estimate of drug-likeness (QED) is 0.819. The summed E-state index contributed by atoms with van der Waals surface area (Å²) >= 11 is 0. The first-order chi connectivity index (χ1) is 8.54.